The van der Waals surface area contributed by atoms with Crippen molar-refractivity contribution >= 4 is 5.69 Å². The zero-order valence-corrected chi connectivity index (χ0v) is 9.07. The lowest BCUT2D eigenvalue weighted by Gasteiger charge is -2.08. The lowest BCUT2D eigenvalue weighted by atomic mass is 10.1. The molecule has 0 saturated carbocycles. The Hall–Kier alpha value is -1.77. The summed E-state index contributed by atoms with van der Waals surface area (Å²) in [4.78, 5) is 4.37. The van der Waals surface area contributed by atoms with Crippen LogP contribution >= 0.6 is 0 Å². The standard InChI is InChI=1S/C12H15N3/c1-3-15-7-6-14-12(15)11-8-10(13)5-4-9(11)2/h4-8H,3,13H2,1-2H3. The Morgan fingerprint density at radius 1 is 1.40 bits per heavy atom. The summed E-state index contributed by atoms with van der Waals surface area (Å²) < 4.78 is 2.11. The van der Waals surface area contributed by atoms with E-state index in [0.717, 1.165) is 23.6 Å². The molecule has 2 aromatic rings. The first-order valence-electron chi connectivity index (χ1n) is 5.10. The number of nitrogens with two attached hydrogens (primary N) is 1. The molecule has 0 amide bonds. The number of nitrogens with zero attached hydrogens (tertiary/aromatic N) is 2. The summed E-state index contributed by atoms with van der Waals surface area (Å²) in [7, 11) is 0. The van der Waals surface area contributed by atoms with Crippen LogP contribution in [-0.2, 0) is 6.54 Å². The van der Waals surface area contributed by atoms with E-state index in [0.29, 0.717) is 0 Å². The minimum absolute atomic E-state index is 0.779. The number of hydrogen-bond acceptors (Lipinski definition) is 2. The van der Waals surface area contributed by atoms with Crippen molar-refractivity contribution in [3.8, 4) is 11.4 Å². The lowest BCUT2D eigenvalue weighted by Crippen LogP contribution is -1.98. The molecule has 0 aliphatic rings. The maximum atomic E-state index is 5.79. The topological polar surface area (TPSA) is 43.8 Å². The molecule has 0 aliphatic heterocycles. The molecule has 2 rings (SSSR count). The molecule has 0 unspecified atom stereocenters. The Bertz CT molecular complexity index is 471. The van der Waals surface area contributed by atoms with Gasteiger partial charge in [-0.3, -0.25) is 0 Å². The molecule has 0 bridgehead atoms. The Morgan fingerprint density at radius 3 is 2.93 bits per heavy atom. The molecule has 0 fully saturated rings. The third kappa shape index (κ3) is 1.73. The van der Waals surface area contributed by atoms with Gasteiger partial charge in [-0.15, -0.1) is 0 Å². The van der Waals surface area contributed by atoms with Crippen LogP contribution in [0.3, 0.4) is 0 Å². The van der Waals surface area contributed by atoms with E-state index in [1.54, 1.807) is 0 Å². The molecular weight excluding hydrogens is 186 g/mol. The first-order valence-corrected chi connectivity index (χ1v) is 5.10. The Balaban J connectivity index is 2.58. The van der Waals surface area contributed by atoms with Gasteiger partial charge in [-0.1, -0.05) is 6.07 Å². The highest BCUT2D eigenvalue weighted by atomic mass is 15.1. The number of aromatic nitrogens is 2. The number of rotatable bonds is 2. The van der Waals surface area contributed by atoms with Crippen molar-refractivity contribution in [2.75, 3.05) is 5.73 Å². The summed E-state index contributed by atoms with van der Waals surface area (Å²) in [6.07, 6.45) is 3.80. The molecule has 3 heteroatoms. The maximum Gasteiger partial charge on any atom is 0.140 e. The molecule has 1 aromatic carbocycles. The van der Waals surface area contributed by atoms with Crippen LogP contribution in [-0.4, -0.2) is 9.55 Å². The molecule has 3 nitrogen and oxygen atoms in total. The van der Waals surface area contributed by atoms with E-state index in [2.05, 4.69) is 23.4 Å². The van der Waals surface area contributed by atoms with Crippen LogP contribution in [0.5, 0.6) is 0 Å². The summed E-state index contributed by atoms with van der Waals surface area (Å²) in [5.41, 5.74) is 8.88. The smallest absolute Gasteiger partial charge is 0.140 e. The van der Waals surface area contributed by atoms with E-state index in [1.165, 1.54) is 5.56 Å². The van der Waals surface area contributed by atoms with Gasteiger partial charge in [0, 0.05) is 30.2 Å². The first-order chi connectivity index (χ1) is 7.22. The maximum absolute atomic E-state index is 5.79. The van der Waals surface area contributed by atoms with Crippen LogP contribution < -0.4 is 5.73 Å². The molecule has 0 atom stereocenters. The van der Waals surface area contributed by atoms with E-state index in [9.17, 15) is 0 Å². The predicted octanol–water partition coefficient (Wildman–Crippen LogP) is 2.46. The second-order valence-electron chi connectivity index (χ2n) is 3.61. The van der Waals surface area contributed by atoms with E-state index in [1.807, 2.05) is 30.6 Å². The highest BCUT2D eigenvalue weighted by Gasteiger charge is 2.07. The minimum Gasteiger partial charge on any atom is -0.399 e. The molecule has 0 saturated heterocycles. The number of hydrogen-bond donors (Lipinski definition) is 1. The number of nitrogen functional groups attached to an aromatic ring is 1. The Labute approximate surface area is 89.6 Å². The van der Waals surface area contributed by atoms with Gasteiger partial charge in [0.25, 0.3) is 0 Å². The van der Waals surface area contributed by atoms with Gasteiger partial charge in [0.2, 0.25) is 0 Å². The van der Waals surface area contributed by atoms with Crippen molar-refractivity contribution in [2.24, 2.45) is 0 Å². The predicted molar refractivity (Wildman–Crippen MR) is 62.5 cm³/mol. The molecule has 1 heterocycles. The van der Waals surface area contributed by atoms with Gasteiger partial charge >= 0.3 is 0 Å². The molecule has 0 aliphatic carbocycles. The van der Waals surface area contributed by atoms with Gasteiger partial charge in [0.15, 0.2) is 0 Å². The van der Waals surface area contributed by atoms with Crippen molar-refractivity contribution in [1.82, 2.24) is 9.55 Å². The second kappa shape index (κ2) is 3.77. The van der Waals surface area contributed by atoms with Gasteiger partial charge in [-0.05, 0) is 31.5 Å². The number of imidazole rings is 1. The molecular formula is C12H15N3. The van der Waals surface area contributed by atoms with E-state index in [-0.39, 0.29) is 0 Å². The summed E-state index contributed by atoms with van der Waals surface area (Å²) in [5.74, 6) is 0.988. The zero-order chi connectivity index (χ0) is 10.8. The first kappa shape index (κ1) is 9.77. The summed E-state index contributed by atoms with van der Waals surface area (Å²) in [6.45, 7) is 5.10. The SMILES string of the molecule is CCn1ccnc1-c1cc(N)ccc1C. The molecule has 0 radical (unpaired) electrons. The van der Waals surface area contributed by atoms with Crippen molar-refractivity contribution in [1.29, 1.82) is 0 Å². The molecule has 1 aromatic heterocycles. The van der Waals surface area contributed by atoms with Crippen LogP contribution in [0, 0.1) is 6.92 Å². The Kier molecular flexibility index (Phi) is 2.46. The van der Waals surface area contributed by atoms with Gasteiger partial charge in [-0.25, -0.2) is 4.98 Å². The van der Waals surface area contributed by atoms with Crippen molar-refractivity contribution in [3.63, 3.8) is 0 Å². The van der Waals surface area contributed by atoms with Crippen LogP contribution in [0.1, 0.15) is 12.5 Å². The average molecular weight is 201 g/mol. The molecule has 0 spiro atoms. The number of anilines is 1. The van der Waals surface area contributed by atoms with Crippen LogP contribution in [0.25, 0.3) is 11.4 Å². The van der Waals surface area contributed by atoms with Crippen LogP contribution in [0.2, 0.25) is 0 Å². The van der Waals surface area contributed by atoms with E-state index >= 15 is 0 Å². The van der Waals surface area contributed by atoms with Gasteiger partial charge in [0.05, 0.1) is 0 Å². The van der Waals surface area contributed by atoms with Gasteiger partial charge in [0.1, 0.15) is 5.82 Å². The fourth-order valence-corrected chi connectivity index (χ4v) is 1.69. The normalized spacial score (nSPS) is 10.5. The molecule has 15 heavy (non-hydrogen) atoms. The largest absolute Gasteiger partial charge is 0.399 e. The summed E-state index contributed by atoms with van der Waals surface area (Å²) in [5, 5.41) is 0. The third-order valence-electron chi connectivity index (χ3n) is 2.56. The fraction of sp³-hybridized carbons (Fsp3) is 0.250. The monoisotopic (exact) mass is 201 g/mol. The number of benzene rings is 1. The summed E-state index contributed by atoms with van der Waals surface area (Å²) >= 11 is 0. The minimum atomic E-state index is 0.779. The average Bonchev–Trinajstić information content (AvgIpc) is 2.69. The molecule has 78 valence electrons. The van der Waals surface area contributed by atoms with Gasteiger partial charge in [-0.2, -0.15) is 0 Å². The second-order valence-corrected chi connectivity index (χ2v) is 3.61. The van der Waals surface area contributed by atoms with Gasteiger partial charge < -0.3 is 10.3 Å². The highest BCUT2D eigenvalue weighted by molar-refractivity contribution is 5.65. The third-order valence-corrected chi connectivity index (χ3v) is 2.56. The van der Waals surface area contributed by atoms with E-state index < -0.39 is 0 Å². The van der Waals surface area contributed by atoms with Crippen molar-refractivity contribution in [3.05, 3.63) is 36.2 Å². The Morgan fingerprint density at radius 2 is 2.20 bits per heavy atom. The van der Waals surface area contributed by atoms with E-state index in [4.69, 9.17) is 5.73 Å². The lowest BCUT2D eigenvalue weighted by molar-refractivity contribution is 0.770. The van der Waals surface area contributed by atoms with Crippen LogP contribution in [0.4, 0.5) is 5.69 Å². The van der Waals surface area contributed by atoms with Crippen LogP contribution in [0.15, 0.2) is 30.6 Å². The number of aryl methyl sites for hydroxylation is 2. The fourth-order valence-electron chi connectivity index (χ4n) is 1.69. The highest BCUT2D eigenvalue weighted by Crippen LogP contribution is 2.23. The van der Waals surface area contributed by atoms with Crippen molar-refractivity contribution in [2.45, 2.75) is 20.4 Å². The zero-order valence-electron chi connectivity index (χ0n) is 9.07. The molecule has 2 N–H and O–H groups in total. The summed E-state index contributed by atoms with van der Waals surface area (Å²) in [6, 6.07) is 5.92. The van der Waals surface area contributed by atoms with Crippen molar-refractivity contribution < 1.29 is 0 Å². The quantitative estimate of drug-likeness (QED) is 0.758.